The van der Waals surface area contributed by atoms with E-state index < -0.39 is 0 Å². The van der Waals surface area contributed by atoms with Gasteiger partial charge in [0, 0.05) is 60.9 Å². The monoisotopic (exact) mass is 452 g/mol. The van der Waals surface area contributed by atoms with E-state index in [4.69, 9.17) is 0 Å². The first-order valence-corrected chi connectivity index (χ1v) is 9.33. The maximum Gasteiger partial charge on any atom is 0.319 e. The van der Waals surface area contributed by atoms with Gasteiger partial charge in [-0.1, -0.05) is 6.07 Å². The minimum absolute atomic E-state index is 0.168. The summed E-state index contributed by atoms with van der Waals surface area (Å²) in [7, 11) is 0. The number of nitrogens with zero attached hydrogens (tertiary/aromatic N) is 4. The van der Waals surface area contributed by atoms with Crippen LogP contribution in [0.2, 0.25) is 0 Å². The van der Waals surface area contributed by atoms with E-state index in [1.165, 1.54) is 0 Å². The van der Waals surface area contributed by atoms with Crippen LogP contribution in [-0.4, -0.2) is 60.2 Å². The van der Waals surface area contributed by atoms with Crippen LogP contribution in [-0.2, 0) is 0 Å². The molecule has 0 spiro atoms. The highest BCUT2D eigenvalue weighted by atomic mass is 127. The summed E-state index contributed by atoms with van der Waals surface area (Å²) in [5.74, 6) is 0.789. The van der Waals surface area contributed by atoms with Gasteiger partial charge in [-0.05, 0) is 46.9 Å². The number of nitrogens with one attached hydrogen (secondary N) is 2. The molecule has 0 unspecified atom stereocenters. The Kier molecular flexibility index (Phi) is 6.40. The first-order valence-electron chi connectivity index (χ1n) is 8.25. The van der Waals surface area contributed by atoms with Gasteiger partial charge in [-0.3, -0.25) is 4.90 Å². The molecular formula is C17H21IN6O. The number of rotatable bonds is 5. The second-order valence-electron chi connectivity index (χ2n) is 5.77. The van der Waals surface area contributed by atoms with E-state index in [1.54, 1.807) is 12.4 Å². The van der Waals surface area contributed by atoms with Crippen LogP contribution < -0.4 is 15.5 Å². The highest BCUT2D eigenvalue weighted by molar-refractivity contribution is 14.1. The molecule has 7 nitrogen and oxygen atoms in total. The minimum Gasteiger partial charge on any atom is -0.338 e. The first kappa shape index (κ1) is 17.9. The molecule has 2 N–H and O–H groups in total. The summed E-state index contributed by atoms with van der Waals surface area (Å²) in [6.07, 6.45) is 3.54. The molecule has 2 aromatic rings. The number of carbonyl (C=O) groups excluding carboxylic acids is 1. The summed E-state index contributed by atoms with van der Waals surface area (Å²) >= 11 is 2.22. The van der Waals surface area contributed by atoms with Gasteiger partial charge in [0.05, 0.1) is 0 Å². The van der Waals surface area contributed by atoms with Crippen molar-refractivity contribution in [3.05, 3.63) is 46.3 Å². The number of benzene rings is 1. The lowest BCUT2D eigenvalue weighted by molar-refractivity contribution is 0.240. The molecule has 1 aliphatic rings. The van der Waals surface area contributed by atoms with Crippen molar-refractivity contribution in [2.45, 2.75) is 0 Å². The minimum atomic E-state index is -0.168. The zero-order valence-electron chi connectivity index (χ0n) is 13.9. The van der Waals surface area contributed by atoms with Gasteiger partial charge >= 0.3 is 6.03 Å². The Morgan fingerprint density at radius 2 is 1.88 bits per heavy atom. The van der Waals surface area contributed by atoms with Crippen molar-refractivity contribution in [2.75, 3.05) is 49.5 Å². The zero-order chi connectivity index (χ0) is 17.5. The maximum atomic E-state index is 11.9. The average Bonchev–Trinajstić information content (AvgIpc) is 2.63. The standard InChI is InChI=1S/C17H21IN6O/c18-14-3-1-4-15(13-14)22-17(25)21-7-8-23-9-11-24(12-10-23)16-19-5-2-6-20-16/h1-6,13H,7-12H2,(H2,21,22,25). The van der Waals surface area contributed by atoms with Crippen molar-refractivity contribution in [2.24, 2.45) is 0 Å². The number of piperazine rings is 1. The van der Waals surface area contributed by atoms with Crippen LogP contribution in [0, 0.1) is 3.57 Å². The molecule has 1 saturated heterocycles. The number of amides is 2. The predicted octanol–water partition coefficient (Wildman–Crippen LogP) is 2.02. The summed E-state index contributed by atoms with van der Waals surface area (Å²) in [6, 6.07) is 9.39. The molecule has 2 amide bonds. The van der Waals surface area contributed by atoms with Crippen LogP contribution in [0.25, 0.3) is 0 Å². The Bertz CT molecular complexity index is 691. The summed E-state index contributed by atoms with van der Waals surface area (Å²) in [5.41, 5.74) is 0.806. The van der Waals surface area contributed by atoms with E-state index >= 15 is 0 Å². The first-order chi connectivity index (χ1) is 12.2. The SMILES string of the molecule is O=C(NCCN1CCN(c2ncccn2)CC1)Nc1cccc(I)c1. The fourth-order valence-electron chi connectivity index (χ4n) is 2.70. The van der Waals surface area contributed by atoms with E-state index in [0.29, 0.717) is 6.54 Å². The smallest absolute Gasteiger partial charge is 0.319 e. The second-order valence-corrected chi connectivity index (χ2v) is 7.01. The number of urea groups is 1. The highest BCUT2D eigenvalue weighted by Crippen LogP contribution is 2.12. The predicted molar refractivity (Wildman–Crippen MR) is 107 cm³/mol. The molecule has 2 heterocycles. The lowest BCUT2D eigenvalue weighted by atomic mass is 10.3. The molecule has 3 rings (SSSR count). The Morgan fingerprint density at radius 3 is 2.60 bits per heavy atom. The maximum absolute atomic E-state index is 11.9. The van der Waals surface area contributed by atoms with E-state index in [1.807, 2.05) is 30.3 Å². The van der Waals surface area contributed by atoms with Crippen LogP contribution in [0.15, 0.2) is 42.7 Å². The van der Waals surface area contributed by atoms with Crippen LogP contribution in [0.4, 0.5) is 16.4 Å². The van der Waals surface area contributed by atoms with Gasteiger partial charge in [0.1, 0.15) is 0 Å². The second kappa shape index (κ2) is 8.95. The fraction of sp³-hybridized carbons (Fsp3) is 0.353. The van der Waals surface area contributed by atoms with Crippen LogP contribution in [0.5, 0.6) is 0 Å². The van der Waals surface area contributed by atoms with Crippen LogP contribution in [0.1, 0.15) is 0 Å². The molecule has 8 heteroatoms. The summed E-state index contributed by atoms with van der Waals surface area (Å²) < 4.78 is 1.09. The fourth-order valence-corrected chi connectivity index (χ4v) is 3.24. The number of anilines is 2. The van der Waals surface area contributed by atoms with Crippen molar-refractivity contribution in [1.82, 2.24) is 20.2 Å². The quantitative estimate of drug-likeness (QED) is 0.680. The van der Waals surface area contributed by atoms with Crippen LogP contribution >= 0.6 is 22.6 Å². The molecule has 1 aromatic carbocycles. The van der Waals surface area contributed by atoms with Gasteiger partial charge in [-0.15, -0.1) is 0 Å². The summed E-state index contributed by atoms with van der Waals surface area (Å²) in [5, 5.41) is 5.76. The Balaban J connectivity index is 1.35. The molecular weight excluding hydrogens is 431 g/mol. The number of hydrogen-bond acceptors (Lipinski definition) is 5. The van der Waals surface area contributed by atoms with E-state index in [-0.39, 0.29) is 6.03 Å². The third-order valence-electron chi connectivity index (χ3n) is 4.00. The van der Waals surface area contributed by atoms with Crippen molar-refractivity contribution in [1.29, 1.82) is 0 Å². The molecule has 25 heavy (non-hydrogen) atoms. The summed E-state index contributed by atoms with van der Waals surface area (Å²) in [6.45, 7) is 5.15. The molecule has 1 aliphatic heterocycles. The van der Waals surface area contributed by atoms with Gasteiger partial charge in [0.25, 0.3) is 0 Å². The number of halogens is 1. The molecule has 0 radical (unpaired) electrons. The van der Waals surface area contributed by atoms with Crippen molar-refractivity contribution < 1.29 is 4.79 Å². The van der Waals surface area contributed by atoms with E-state index in [9.17, 15) is 4.79 Å². The third kappa shape index (κ3) is 5.53. The number of carbonyl (C=O) groups is 1. The van der Waals surface area contributed by atoms with Crippen LogP contribution in [0.3, 0.4) is 0 Å². The molecule has 0 atom stereocenters. The molecule has 0 aliphatic carbocycles. The lowest BCUT2D eigenvalue weighted by Gasteiger charge is -2.34. The number of aromatic nitrogens is 2. The van der Waals surface area contributed by atoms with Gasteiger partial charge in [-0.2, -0.15) is 0 Å². The van der Waals surface area contributed by atoms with Gasteiger partial charge in [0.15, 0.2) is 0 Å². The van der Waals surface area contributed by atoms with E-state index in [0.717, 1.165) is 47.9 Å². The Hall–Kier alpha value is -1.94. The molecule has 132 valence electrons. The largest absolute Gasteiger partial charge is 0.338 e. The van der Waals surface area contributed by atoms with E-state index in [2.05, 4.69) is 53.0 Å². The van der Waals surface area contributed by atoms with Gasteiger partial charge < -0.3 is 15.5 Å². The van der Waals surface area contributed by atoms with Gasteiger partial charge in [-0.25, -0.2) is 14.8 Å². The molecule has 0 saturated carbocycles. The topological polar surface area (TPSA) is 73.4 Å². The Morgan fingerprint density at radius 1 is 1.12 bits per heavy atom. The molecule has 1 aromatic heterocycles. The van der Waals surface area contributed by atoms with Gasteiger partial charge in [0.2, 0.25) is 5.95 Å². The summed E-state index contributed by atoms with van der Waals surface area (Å²) in [4.78, 5) is 25.0. The van der Waals surface area contributed by atoms with Crippen molar-refractivity contribution in [3.8, 4) is 0 Å². The zero-order valence-corrected chi connectivity index (χ0v) is 16.0. The van der Waals surface area contributed by atoms with Crippen molar-refractivity contribution in [3.63, 3.8) is 0 Å². The third-order valence-corrected chi connectivity index (χ3v) is 4.67. The Labute approximate surface area is 161 Å². The molecule has 1 fully saturated rings. The lowest BCUT2D eigenvalue weighted by Crippen LogP contribution is -2.49. The van der Waals surface area contributed by atoms with Crippen molar-refractivity contribution >= 4 is 40.3 Å². The number of hydrogen-bond donors (Lipinski definition) is 2. The molecule has 0 bridgehead atoms. The highest BCUT2D eigenvalue weighted by Gasteiger charge is 2.18. The normalized spacial score (nSPS) is 15.0. The average molecular weight is 452 g/mol.